The second-order valence-corrected chi connectivity index (χ2v) is 4.51. The monoisotopic (exact) mass is 212 g/mol. The number of nitrogens with zero attached hydrogens (tertiary/aromatic N) is 1. The fourth-order valence-corrected chi connectivity index (χ4v) is 2.32. The standard InChI is InChI=1S/C12H24N2O/c1-2-3-4-6-9-14-10-7-5-8-11(14)12(13)15/h11H,2-10H2,1H3,(H2,13,15). The molecular formula is C12H24N2O. The van der Waals surface area contributed by atoms with Crippen molar-refractivity contribution < 1.29 is 4.79 Å². The molecule has 0 aromatic rings. The van der Waals surface area contributed by atoms with Crippen LogP contribution in [0.2, 0.25) is 0 Å². The van der Waals surface area contributed by atoms with Gasteiger partial charge in [-0.15, -0.1) is 0 Å². The van der Waals surface area contributed by atoms with Crippen LogP contribution in [0.15, 0.2) is 0 Å². The maximum Gasteiger partial charge on any atom is 0.234 e. The van der Waals surface area contributed by atoms with E-state index in [1.807, 2.05) is 0 Å². The Morgan fingerprint density at radius 2 is 2.13 bits per heavy atom. The first-order valence-corrected chi connectivity index (χ1v) is 6.29. The molecule has 1 saturated heterocycles. The van der Waals surface area contributed by atoms with E-state index < -0.39 is 0 Å². The van der Waals surface area contributed by atoms with Crippen LogP contribution < -0.4 is 5.73 Å². The average Bonchev–Trinajstić information content (AvgIpc) is 2.25. The molecule has 15 heavy (non-hydrogen) atoms. The lowest BCUT2D eigenvalue weighted by Crippen LogP contribution is -2.47. The number of rotatable bonds is 6. The first kappa shape index (κ1) is 12.5. The lowest BCUT2D eigenvalue weighted by molar-refractivity contribution is -0.124. The molecule has 1 aliphatic rings. The zero-order chi connectivity index (χ0) is 11.1. The van der Waals surface area contributed by atoms with E-state index in [1.54, 1.807) is 0 Å². The van der Waals surface area contributed by atoms with Crippen molar-refractivity contribution in [3.05, 3.63) is 0 Å². The molecule has 88 valence electrons. The number of nitrogens with two attached hydrogens (primary N) is 1. The summed E-state index contributed by atoms with van der Waals surface area (Å²) in [4.78, 5) is 13.5. The number of carbonyl (C=O) groups excluding carboxylic acids is 1. The Morgan fingerprint density at radius 1 is 1.33 bits per heavy atom. The van der Waals surface area contributed by atoms with Crippen LogP contribution in [-0.4, -0.2) is 29.9 Å². The molecule has 0 bridgehead atoms. The molecule has 0 aromatic heterocycles. The number of unbranched alkanes of at least 4 members (excludes halogenated alkanes) is 3. The van der Waals surface area contributed by atoms with E-state index in [9.17, 15) is 4.79 Å². The number of likely N-dealkylation sites (tertiary alicyclic amines) is 1. The van der Waals surface area contributed by atoms with Crippen molar-refractivity contribution in [2.75, 3.05) is 13.1 Å². The molecule has 1 aliphatic heterocycles. The number of hydrogen-bond donors (Lipinski definition) is 1. The van der Waals surface area contributed by atoms with Crippen LogP contribution in [0, 0.1) is 0 Å². The molecule has 1 heterocycles. The summed E-state index contributed by atoms with van der Waals surface area (Å²) in [5.74, 6) is -0.134. The van der Waals surface area contributed by atoms with E-state index in [0.717, 1.165) is 25.9 Å². The molecule has 0 aliphatic carbocycles. The minimum Gasteiger partial charge on any atom is -0.368 e. The SMILES string of the molecule is CCCCCCN1CCCCC1C(N)=O. The minimum atomic E-state index is -0.134. The Hall–Kier alpha value is -0.570. The number of primary amides is 1. The van der Waals surface area contributed by atoms with Gasteiger partial charge in [-0.25, -0.2) is 0 Å². The molecule has 0 aromatic carbocycles. The van der Waals surface area contributed by atoms with Crippen LogP contribution in [-0.2, 0) is 4.79 Å². The molecule has 0 saturated carbocycles. The van der Waals surface area contributed by atoms with Crippen LogP contribution in [0.3, 0.4) is 0 Å². The zero-order valence-electron chi connectivity index (χ0n) is 9.87. The summed E-state index contributed by atoms with van der Waals surface area (Å²) >= 11 is 0. The maximum absolute atomic E-state index is 11.2. The van der Waals surface area contributed by atoms with Crippen molar-refractivity contribution in [2.45, 2.75) is 57.9 Å². The first-order chi connectivity index (χ1) is 7.25. The lowest BCUT2D eigenvalue weighted by Gasteiger charge is -2.33. The summed E-state index contributed by atoms with van der Waals surface area (Å²) in [6.45, 7) is 4.32. The van der Waals surface area contributed by atoms with Gasteiger partial charge in [0, 0.05) is 0 Å². The van der Waals surface area contributed by atoms with Gasteiger partial charge in [0.2, 0.25) is 5.91 Å². The quantitative estimate of drug-likeness (QED) is 0.684. The Labute approximate surface area is 93.0 Å². The van der Waals surface area contributed by atoms with Crippen molar-refractivity contribution in [3.8, 4) is 0 Å². The third kappa shape index (κ3) is 4.20. The molecule has 1 rings (SSSR count). The molecule has 1 atom stereocenters. The van der Waals surface area contributed by atoms with Crippen molar-refractivity contribution in [2.24, 2.45) is 5.73 Å². The largest absolute Gasteiger partial charge is 0.368 e. The van der Waals surface area contributed by atoms with E-state index >= 15 is 0 Å². The van der Waals surface area contributed by atoms with Crippen LogP contribution in [0.5, 0.6) is 0 Å². The lowest BCUT2D eigenvalue weighted by atomic mass is 10.0. The highest BCUT2D eigenvalue weighted by Gasteiger charge is 2.25. The van der Waals surface area contributed by atoms with Crippen molar-refractivity contribution >= 4 is 5.91 Å². The van der Waals surface area contributed by atoms with Crippen molar-refractivity contribution in [1.29, 1.82) is 0 Å². The Kier molecular flexibility index (Phi) is 5.69. The molecule has 1 fully saturated rings. The molecular weight excluding hydrogens is 188 g/mol. The highest BCUT2D eigenvalue weighted by Crippen LogP contribution is 2.17. The Balaban J connectivity index is 2.26. The molecule has 1 unspecified atom stereocenters. The molecule has 0 radical (unpaired) electrons. The normalized spacial score (nSPS) is 22.9. The molecule has 2 N–H and O–H groups in total. The van der Waals surface area contributed by atoms with E-state index in [0.29, 0.717) is 0 Å². The topological polar surface area (TPSA) is 46.3 Å². The van der Waals surface area contributed by atoms with E-state index in [4.69, 9.17) is 5.73 Å². The Morgan fingerprint density at radius 3 is 2.80 bits per heavy atom. The van der Waals surface area contributed by atoms with Gasteiger partial charge in [0.05, 0.1) is 6.04 Å². The van der Waals surface area contributed by atoms with Crippen LogP contribution in [0.1, 0.15) is 51.9 Å². The fraction of sp³-hybridized carbons (Fsp3) is 0.917. The van der Waals surface area contributed by atoms with Gasteiger partial charge in [0.1, 0.15) is 0 Å². The fourth-order valence-electron chi connectivity index (χ4n) is 2.32. The van der Waals surface area contributed by atoms with Crippen molar-refractivity contribution in [1.82, 2.24) is 4.90 Å². The predicted molar refractivity (Wildman–Crippen MR) is 62.5 cm³/mol. The second-order valence-electron chi connectivity index (χ2n) is 4.51. The summed E-state index contributed by atoms with van der Waals surface area (Å²) in [7, 11) is 0. The van der Waals surface area contributed by atoms with Crippen LogP contribution in [0.4, 0.5) is 0 Å². The molecule has 0 spiro atoms. The highest BCUT2D eigenvalue weighted by atomic mass is 16.1. The van der Waals surface area contributed by atoms with Crippen LogP contribution in [0.25, 0.3) is 0 Å². The first-order valence-electron chi connectivity index (χ1n) is 6.29. The summed E-state index contributed by atoms with van der Waals surface area (Å²) in [6, 6.07) is 0.0142. The summed E-state index contributed by atoms with van der Waals surface area (Å²) in [6.07, 6.45) is 8.38. The maximum atomic E-state index is 11.2. The van der Waals surface area contributed by atoms with E-state index in [2.05, 4.69) is 11.8 Å². The third-order valence-electron chi connectivity index (χ3n) is 3.24. The summed E-state index contributed by atoms with van der Waals surface area (Å²) in [5, 5.41) is 0. The number of amides is 1. The van der Waals surface area contributed by atoms with Gasteiger partial charge in [-0.2, -0.15) is 0 Å². The molecule has 3 nitrogen and oxygen atoms in total. The smallest absolute Gasteiger partial charge is 0.234 e. The molecule has 3 heteroatoms. The highest BCUT2D eigenvalue weighted by molar-refractivity contribution is 5.79. The van der Waals surface area contributed by atoms with Crippen LogP contribution >= 0.6 is 0 Å². The minimum absolute atomic E-state index is 0.0142. The molecule has 1 amide bonds. The summed E-state index contributed by atoms with van der Waals surface area (Å²) < 4.78 is 0. The predicted octanol–water partition coefficient (Wildman–Crippen LogP) is 1.91. The number of carbonyl (C=O) groups is 1. The van der Waals surface area contributed by atoms with Gasteiger partial charge in [0.25, 0.3) is 0 Å². The van der Waals surface area contributed by atoms with Gasteiger partial charge < -0.3 is 5.73 Å². The van der Waals surface area contributed by atoms with Gasteiger partial charge in [0.15, 0.2) is 0 Å². The second kappa shape index (κ2) is 6.83. The zero-order valence-corrected chi connectivity index (χ0v) is 9.87. The van der Waals surface area contributed by atoms with E-state index in [-0.39, 0.29) is 11.9 Å². The van der Waals surface area contributed by atoms with Crippen molar-refractivity contribution in [3.63, 3.8) is 0 Å². The van der Waals surface area contributed by atoms with Gasteiger partial charge in [-0.1, -0.05) is 32.6 Å². The summed E-state index contributed by atoms with van der Waals surface area (Å²) in [5.41, 5.74) is 5.41. The Bertz CT molecular complexity index is 194. The number of hydrogen-bond acceptors (Lipinski definition) is 2. The van der Waals surface area contributed by atoms with E-state index in [1.165, 1.54) is 32.1 Å². The van der Waals surface area contributed by atoms with Gasteiger partial charge >= 0.3 is 0 Å². The third-order valence-corrected chi connectivity index (χ3v) is 3.24. The van der Waals surface area contributed by atoms with Gasteiger partial charge in [-0.3, -0.25) is 9.69 Å². The average molecular weight is 212 g/mol. The number of piperidine rings is 1. The van der Waals surface area contributed by atoms with Gasteiger partial charge in [-0.05, 0) is 32.4 Å².